The van der Waals surface area contributed by atoms with Crippen LogP contribution in [0, 0.1) is 11.2 Å². The molecule has 1 saturated heterocycles. The number of ketones is 1. The van der Waals surface area contributed by atoms with Gasteiger partial charge in [0, 0.05) is 23.7 Å². The van der Waals surface area contributed by atoms with Gasteiger partial charge in [0.25, 0.3) is 5.91 Å². The van der Waals surface area contributed by atoms with Crippen LogP contribution in [0.4, 0.5) is 10.1 Å². The number of nitrogens with one attached hydrogen (secondary N) is 1. The van der Waals surface area contributed by atoms with E-state index in [9.17, 15) is 9.59 Å². The third kappa shape index (κ3) is 2.10. The molecule has 1 N–H and O–H groups in total. The molecule has 1 fully saturated rings. The van der Waals surface area contributed by atoms with Gasteiger partial charge in [-0.3, -0.25) is 14.5 Å². The number of halogens is 1. The van der Waals surface area contributed by atoms with Crippen LogP contribution >= 0.6 is 0 Å². The van der Waals surface area contributed by atoms with Gasteiger partial charge in [0.1, 0.15) is 29.1 Å². The van der Waals surface area contributed by atoms with Gasteiger partial charge in [-0.05, 0) is 36.9 Å². The minimum atomic E-state index is -1.34. The van der Waals surface area contributed by atoms with Crippen LogP contribution in [0.5, 0.6) is 5.75 Å². The van der Waals surface area contributed by atoms with Crippen molar-refractivity contribution < 1.29 is 18.7 Å². The molecule has 6 heteroatoms. The second-order valence-electron chi connectivity index (χ2n) is 8.75. The average molecular weight is 428 g/mol. The first-order valence-corrected chi connectivity index (χ1v) is 10.6. The maximum Gasteiger partial charge on any atom is 0.250 e. The number of benzene rings is 3. The van der Waals surface area contributed by atoms with Crippen LogP contribution in [0.1, 0.15) is 27.4 Å². The molecule has 3 aliphatic rings. The largest absolute Gasteiger partial charge is 0.492 e. The van der Waals surface area contributed by atoms with Crippen LogP contribution in [0.2, 0.25) is 0 Å². The molecule has 0 radical (unpaired) electrons. The second-order valence-corrected chi connectivity index (χ2v) is 8.75. The predicted molar refractivity (Wildman–Crippen MR) is 117 cm³/mol. The standard InChI is InChI=1S/C26H21FN2O3/c1-29-14-19(16-8-2-5-11-20(16)27)25(15-32-22-13-7-3-9-17(22)23(25)30)26(29)18-10-4-6-12-21(18)28-24(26)31/h2-13,19H,14-15H2,1H3,(H,28,31)/t19-,25+,26+/m1/s1. The van der Waals surface area contributed by atoms with Gasteiger partial charge in [0.05, 0.1) is 5.56 Å². The normalized spacial score (nSPS) is 28.5. The van der Waals surface area contributed by atoms with Crippen molar-refractivity contribution in [1.82, 2.24) is 4.90 Å². The molecule has 0 aromatic heterocycles. The van der Waals surface area contributed by atoms with Gasteiger partial charge in [-0.2, -0.15) is 0 Å². The van der Waals surface area contributed by atoms with Crippen LogP contribution in [-0.2, 0) is 10.3 Å². The summed E-state index contributed by atoms with van der Waals surface area (Å²) in [6.45, 7) is 0.313. The van der Waals surface area contributed by atoms with Crippen molar-refractivity contribution in [1.29, 1.82) is 0 Å². The molecule has 3 atom stereocenters. The van der Waals surface area contributed by atoms with Crippen molar-refractivity contribution in [3.05, 3.63) is 95.3 Å². The van der Waals surface area contributed by atoms with Crippen molar-refractivity contribution in [2.24, 2.45) is 5.41 Å². The lowest BCUT2D eigenvalue weighted by atomic mass is 9.57. The summed E-state index contributed by atoms with van der Waals surface area (Å²) in [5, 5.41) is 2.98. The predicted octanol–water partition coefficient (Wildman–Crippen LogP) is 3.96. The van der Waals surface area contributed by atoms with E-state index in [4.69, 9.17) is 4.74 Å². The lowest BCUT2D eigenvalue weighted by molar-refractivity contribution is -0.131. The smallest absolute Gasteiger partial charge is 0.250 e. The van der Waals surface area contributed by atoms with Gasteiger partial charge < -0.3 is 10.1 Å². The molecule has 0 unspecified atom stereocenters. The summed E-state index contributed by atoms with van der Waals surface area (Å²) in [6, 6.07) is 21.0. The van der Waals surface area contributed by atoms with Crippen LogP contribution < -0.4 is 10.1 Å². The van der Waals surface area contributed by atoms with Crippen molar-refractivity contribution in [2.45, 2.75) is 11.5 Å². The molecule has 2 spiro atoms. The Morgan fingerprint density at radius 1 is 1.00 bits per heavy atom. The van der Waals surface area contributed by atoms with Gasteiger partial charge in [-0.15, -0.1) is 0 Å². The molecule has 3 aliphatic heterocycles. The molecule has 0 saturated carbocycles. The number of ether oxygens (including phenoxy) is 1. The van der Waals surface area contributed by atoms with Crippen LogP contribution in [0.15, 0.2) is 72.8 Å². The second kappa shape index (κ2) is 6.50. The molecular weight excluding hydrogens is 407 g/mol. The fourth-order valence-corrected chi connectivity index (χ4v) is 6.15. The van der Waals surface area contributed by atoms with Gasteiger partial charge in [-0.25, -0.2) is 4.39 Å². The maximum atomic E-state index is 15.1. The lowest BCUT2D eigenvalue weighted by Gasteiger charge is -2.47. The number of likely N-dealkylation sites (N-methyl/N-ethyl adjacent to an activating group) is 1. The average Bonchev–Trinajstić information content (AvgIpc) is 3.25. The van der Waals surface area contributed by atoms with E-state index in [2.05, 4.69) is 5.32 Å². The number of carbonyl (C=O) groups is 2. The Kier molecular flexibility index (Phi) is 3.90. The molecule has 3 aromatic carbocycles. The van der Waals surface area contributed by atoms with Crippen molar-refractivity contribution in [3.63, 3.8) is 0 Å². The topological polar surface area (TPSA) is 58.6 Å². The van der Waals surface area contributed by atoms with E-state index in [0.29, 0.717) is 29.1 Å². The molecule has 0 aliphatic carbocycles. The molecule has 0 bridgehead atoms. The summed E-state index contributed by atoms with van der Waals surface area (Å²) in [4.78, 5) is 30.1. The number of likely N-dealkylation sites (tertiary alicyclic amines) is 1. The number of amides is 1. The van der Waals surface area contributed by atoms with Gasteiger partial charge in [-0.1, -0.05) is 48.5 Å². The molecule has 3 aromatic rings. The lowest BCUT2D eigenvalue weighted by Crippen LogP contribution is -2.62. The zero-order valence-corrected chi connectivity index (χ0v) is 17.5. The van der Waals surface area contributed by atoms with Crippen molar-refractivity contribution in [2.75, 3.05) is 25.5 Å². The first-order chi connectivity index (χ1) is 15.5. The molecule has 32 heavy (non-hydrogen) atoms. The number of carbonyl (C=O) groups excluding carboxylic acids is 2. The van der Waals surface area contributed by atoms with Gasteiger partial charge >= 0.3 is 0 Å². The van der Waals surface area contributed by atoms with E-state index < -0.39 is 16.9 Å². The van der Waals surface area contributed by atoms with Crippen molar-refractivity contribution >= 4 is 17.4 Å². The number of hydrogen-bond donors (Lipinski definition) is 1. The summed E-state index contributed by atoms with van der Waals surface area (Å²) in [5.74, 6) is -0.945. The Balaban J connectivity index is 1.69. The highest BCUT2D eigenvalue weighted by atomic mass is 19.1. The van der Waals surface area contributed by atoms with Crippen LogP contribution in [-0.4, -0.2) is 36.8 Å². The molecular formula is C26H21FN2O3. The summed E-state index contributed by atoms with van der Waals surface area (Å²) in [5.41, 5.74) is -0.417. The Morgan fingerprint density at radius 3 is 2.56 bits per heavy atom. The quantitative estimate of drug-likeness (QED) is 0.637. The third-order valence-corrected chi connectivity index (χ3v) is 7.44. The highest BCUT2D eigenvalue weighted by molar-refractivity contribution is 6.15. The van der Waals surface area contributed by atoms with Crippen LogP contribution in [0.3, 0.4) is 0 Å². The maximum absolute atomic E-state index is 15.1. The monoisotopic (exact) mass is 428 g/mol. The number of anilines is 1. The van der Waals surface area contributed by atoms with E-state index in [1.807, 2.05) is 42.3 Å². The Hall–Kier alpha value is -3.51. The van der Waals surface area contributed by atoms with Crippen molar-refractivity contribution in [3.8, 4) is 5.75 Å². The number of nitrogens with zero attached hydrogens (tertiary/aromatic N) is 1. The molecule has 5 nitrogen and oxygen atoms in total. The van der Waals surface area contributed by atoms with E-state index in [1.165, 1.54) is 6.07 Å². The van der Waals surface area contributed by atoms with Gasteiger partial charge in [0.2, 0.25) is 0 Å². The Bertz CT molecular complexity index is 1290. The molecule has 1 amide bonds. The Labute approximate surface area is 184 Å². The summed E-state index contributed by atoms with van der Waals surface area (Å²) in [6.07, 6.45) is 0. The SMILES string of the molecule is CN1C[C@H](c2ccccc2F)[C@]2(COc3ccccc3C2=O)[C@]12C(=O)Nc1ccccc12. The minimum Gasteiger partial charge on any atom is -0.492 e. The zero-order chi connectivity index (χ0) is 22.1. The van der Waals surface area contributed by atoms with E-state index in [0.717, 1.165) is 5.56 Å². The number of fused-ring (bicyclic) bond motifs is 4. The molecule has 6 rings (SSSR count). The zero-order valence-electron chi connectivity index (χ0n) is 17.5. The highest BCUT2D eigenvalue weighted by Gasteiger charge is 2.75. The first-order valence-electron chi connectivity index (χ1n) is 10.6. The number of hydrogen-bond acceptors (Lipinski definition) is 4. The van der Waals surface area contributed by atoms with Gasteiger partial charge in [0.15, 0.2) is 5.78 Å². The number of para-hydroxylation sites is 2. The summed E-state index contributed by atoms with van der Waals surface area (Å²) < 4.78 is 21.3. The fourth-order valence-electron chi connectivity index (χ4n) is 6.15. The highest BCUT2D eigenvalue weighted by Crippen LogP contribution is 2.64. The summed E-state index contributed by atoms with van der Waals surface area (Å²) >= 11 is 0. The van der Waals surface area contributed by atoms with Crippen LogP contribution in [0.25, 0.3) is 0 Å². The van der Waals surface area contributed by atoms with E-state index >= 15 is 4.39 Å². The first kappa shape index (κ1) is 19.2. The Morgan fingerprint density at radius 2 is 1.72 bits per heavy atom. The fraction of sp³-hybridized carbons (Fsp3) is 0.231. The minimum absolute atomic E-state index is 0.0199. The van der Waals surface area contributed by atoms with E-state index in [1.54, 1.807) is 36.4 Å². The van der Waals surface area contributed by atoms with E-state index in [-0.39, 0.29) is 24.1 Å². The molecule has 3 heterocycles. The number of Topliss-reactive ketones (excluding diaryl/α,β-unsaturated/α-hetero) is 1. The molecule has 160 valence electrons. The summed E-state index contributed by atoms with van der Waals surface area (Å²) in [7, 11) is 1.83. The number of rotatable bonds is 1. The third-order valence-electron chi connectivity index (χ3n) is 7.44.